The van der Waals surface area contributed by atoms with Gasteiger partial charge in [0.05, 0.1) is 0 Å². The first-order valence-corrected chi connectivity index (χ1v) is 7.11. The summed E-state index contributed by atoms with van der Waals surface area (Å²) in [7, 11) is 0. The van der Waals surface area contributed by atoms with E-state index in [1.165, 1.54) is 11.1 Å². The number of carbonyl (C=O) groups excluding carboxylic acids is 1. The number of hydrogen-bond acceptors (Lipinski definition) is 2. The Labute approximate surface area is 121 Å². The van der Waals surface area contributed by atoms with Gasteiger partial charge in [-0.2, -0.15) is 0 Å². The number of carbonyl (C=O) groups is 1. The quantitative estimate of drug-likeness (QED) is 0.852. The molecular formula is C16H23N3O. The van der Waals surface area contributed by atoms with Gasteiger partial charge in [-0.3, -0.25) is 4.90 Å². The lowest BCUT2D eigenvalue weighted by atomic mass is 10.1. The van der Waals surface area contributed by atoms with Crippen LogP contribution in [-0.4, -0.2) is 48.6 Å². The van der Waals surface area contributed by atoms with Gasteiger partial charge in [0.15, 0.2) is 0 Å². The zero-order valence-corrected chi connectivity index (χ0v) is 12.1. The molecule has 0 atom stereocenters. The molecule has 1 N–H and O–H groups in total. The maximum atomic E-state index is 12.1. The first kappa shape index (κ1) is 14.6. The number of nitrogens with zero attached hydrogens (tertiary/aromatic N) is 2. The molecule has 1 saturated heterocycles. The third kappa shape index (κ3) is 3.84. The van der Waals surface area contributed by atoms with Gasteiger partial charge in [-0.25, -0.2) is 4.79 Å². The van der Waals surface area contributed by atoms with Crippen LogP contribution in [0.4, 0.5) is 4.79 Å². The Balaban J connectivity index is 1.79. The second-order valence-electron chi connectivity index (χ2n) is 5.16. The van der Waals surface area contributed by atoms with E-state index in [1.54, 1.807) is 0 Å². The Morgan fingerprint density at radius 2 is 2.00 bits per heavy atom. The van der Waals surface area contributed by atoms with Crippen LogP contribution in [0.5, 0.6) is 0 Å². The van der Waals surface area contributed by atoms with Crippen LogP contribution in [-0.2, 0) is 6.54 Å². The predicted molar refractivity (Wildman–Crippen MR) is 81.6 cm³/mol. The van der Waals surface area contributed by atoms with Crippen molar-refractivity contribution in [2.45, 2.75) is 13.5 Å². The molecule has 1 aliphatic heterocycles. The van der Waals surface area contributed by atoms with E-state index < -0.39 is 0 Å². The zero-order chi connectivity index (χ0) is 14.4. The summed E-state index contributed by atoms with van der Waals surface area (Å²) in [5.74, 6) is 0. The number of piperazine rings is 1. The summed E-state index contributed by atoms with van der Waals surface area (Å²) in [6.45, 7) is 10.7. The number of aryl methyl sites for hydroxylation is 1. The number of amides is 2. The summed E-state index contributed by atoms with van der Waals surface area (Å²) in [6, 6.07) is 8.17. The van der Waals surface area contributed by atoms with Gasteiger partial charge < -0.3 is 10.2 Å². The van der Waals surface area contributed by atoms with Gasteiger partial charge in [0.2, 0.25) is 0 Å². The highest BCUT2D eigenvalue weighted by atomic mass is 16.2. The minimum atomic E-state index is 0.0338. The maximum Gasteiger partial charge on any atom is 0.317 e. The number of rotatable bonds is 4. The molecule has 108 valence electrons. The molecule has 0 radical (unpaired) electrons. The maximum absolute atomic E-state index is 12.1. The number of benzene rings is 1. The van der Waals surface area contributed by atoms with Crippen molar-refractivity contribution in [3.05, 3.63) is 48.0 Å². The molecule has 0 unspecified atom stereocenters. The Hall–Kier alpha value is -1.81. The second kappa shape index (κ2) is 7.10. The van der Waals surface area contributed by atoms with Crippen molar-refractivity contribution in [3.8, 4) is 0 Å². The highest BCUT2D eigenvalue weighted by molar-refractivity contribution is 5.74. The monoisotopic (exact) mass is 273 g/mol. The first-order valence-electron chi connectivity index (χ1n) is 7.11. The Bertz CT molecular complexity index is 465. The number of nitrogens with one attached hydrogen (secondary N) is 1. The molecule has 1 aliphatic rings. The first-order chi connectivity index (χ1) is 9.70. The molecule has 2 rings (SSSR count). The fraction of sp³-hybridized carbons (Fsp3) is 0.438. The van der Waals surface area contributed by atoms with Crippen molar-refractivity contribution in [3.63, 3.8) is 0 Å². The molecule has 0 bridgehead atoms. The van der Waals surface area contributed by atoms with E-state index in [0.717, 1.165) is 32.7 Å². The molecule has 2 amide bonds. The van der Waals surface area contributed by atoms with Gasteiger partial charge in [0, 0.05) is 39.3 Å². The van der Waals surface area contributed by atoms with Gasteiger partial charge >= 0.3 is 6.03 Å². The Morgan fingerprint density at radius 3 is 2.65 bits per heavy atom. The van der Waals surface area contributed by atoms with Gasteiger partial charge in [-0.15, -0.1) is 6.58 Å². The van der Waals surface area contributed by atoms with Crippen LogP contribution in [0, 0.1) is 6.92 Å². The molecule has 1 heterocycles. The van der Waals surface area contributed by atoms with Gasteiger partial charge in [-0.05, 0) is 18.1 Å². The van der Waals surface area contributed by atoms with Gasteiger partial charge in [-0.1, -0.05) is 30.3 Å². The van der Waals surface area contributed by atoms with E-state index in [9.17, 15) is 4.79 Å². The van der Waals surface area contributed by atoms with Crippen molar-refractivity contribution in [1.82, 2.24) is 15.1 Å². The van der Waals surface area contributed by atoms with Crippen LogP contribution in [0.2, 0.25) is 0 Å². The van der Waals surface area contributed by atoms with E-state index >= 15 is 0 Å². The molecule has 4 heteroatoms. The summed E-state index contributed by atoms with van der Waals surface area (Å²) in [6.07, 6.45) is 1.91. The van der Waals surface area contributed by atoms with Crippen molar-refractivity contribution >= 4 is 6.03 Å². The lowest BCUT2D eigenvalue weighted by Gasteiger charge is -2.34. The lowest BCUT2D eigenvalue weighted by molar-refractivity contribution is 0.146. The summed E-state index contributed by atoms with van der Waals surface area (Å²) in [5.41, 5.74) is 2.38. The molecule has 0 aliphatic carbocycles. The van der Waals surface area contributed by atoms with Crippen LogP contribution in [0.3, 0.4) is 0 Å². The van der Waals surface area contributed by atoms with Crippen LogP contribution >= 0.6 is 0 Å². The van der Waals surface area contributed by atoms with E-state index in [1.807, 2.05) is 23.1 Å². The molecule has 0 spiro atoms. The zero-order valence-electron chi connectivity index (χ0n) is 12.1. The van der Waals surface area contributed by atoms with Gasteiger partial charge in [0.1, 0.15) is 0 Å². The minimum absolute atomic E-state index is 0.0338. The third-order valence-corrected chi connectivity index (χ3v) is 3.74. The smallest absolute Gasteiger partial charge is 0.317 e. The summed E-state index contributed by atoms with van der Waals surface area (Å²) in [4.78, 5) is 16.3. The van der Waals surface area contributed by atoms with Crippen LogP contribution < -0.4 is 5.32 Å². The third-order valence-electron chi connectivity index (χ3n) is 3.74. The fourth-order valence-corrected chi connectivity index (χ4v) is 2.41. The molecular weight excluding hydrogens is 250 g/mol. The van der Waals surface area contributed by atoms with Crippen LogP contribution in [0.1, 0.15) is 11.1 Å². The van der Waals surface area contributed by atoms with Crippen molar-refractivity contribution in [1.29, 1.82) is 0 Å². The molecule has 0 saturated carbocycles. The van der Waals surface area contributed by atoms with Crippen LogP contribution in [0.15, 0.2) is 36.9 Å². The van der Waals surface area contributed by atoms with E-state index in [4.69, 9.17) is 0 Å². The largest absolute Gasteiger partial charge is 0.334 e. The van der Waals surface area contributed by atoms with E-state index in [2.05, 4.69) is 35.9 Å². The summed E-state index contributed by atoms with van der Waals surface area (Å²) < 4.78 is 0. The topological polar surface area (TPSA) is 35.6 Å². The second-order valence-corrected chi connectivity index (χ2v) is 5.16. The molecule has 0 aromatic heterocycles. The minimum Gasteiger partial charge on any atom is -0.334 e. The fourth-order valence-electron chi connectivity index (χ4n) is 2.41. The standard InChI is InChI=1S/C16H23N3O/c1-3-8-18-9-11-19(12-10-18)16(20)17-13-15-7-5-4-6-14(15)2/h3-7H,1,8-13H2,2H3,(H,17,20). The molecule has 1 aromatic carbocycles. The number of hydrogen-bond donors (Lipinski definition) is 1. The molecule has 1 fully saturated rings. The average molecular weight is 273 g/mol. The molecule has 20 heavy (non-hydrogen) atoms. The van der Waals surface area contributed by atoms with E-state index in [-0.39, 0.29) is 6.03 Å². The average Bonchev–Trinajstić information content (AvgIpc) is 2.47. The highest BCUT2D eigenvalue weighted by Crippen LogP contribution is 2.07. The SMILES string of the molecule is C=CCN1CCN(C(=O)NCc2ccccc2C)CC1. The predicted octanol–water partition coefficient (Wildman–Crippen LogP) is 2.01. The van der Waals surface area contributed by atoms with Crippen LogP contribution in [0.25, 0.3) is 0 Å². The van der Waals surface area contributed by atoms with E-state index in [0.29, 0.717) is 6.54 Å². The normalized spacial score (nSPS) is 15.9. The molecule has 1 aromatic rings. The highest BCUT2D eigenvalue weighted by Gasteiger charge is 2.19. The Kier molecular flexibility index (Phi) is 5.18. The molecule has 4 nitrogen and oxygen atoms in total. The van der Waals surface area contributed by atoms with Gasteiger partial charge in [0.25, 0.3) is 0 Å². The van der Waals surface area contributed by atoms with Crippen molar-refractivity contribution < 1.29 is 4.79 Å². The van der Waals surface area contributed by atoms with Crippen molar-refractivity contribution in [2.75, 3.05) is 32.7 Å². The number of urea groups is 1. The summed E-state index contributed by atoms with van der Waals surface area (Å²) in [5, 5.41) is 3.00. The lowest BCUT2D eigenvalue weighted by Crippen LogP contribution is -2.51. The van der Waals surface area contributed by atoms with Crippen molar-refractivity contribution in [2.24, 2.45) is 0 Å². The Morgan fingerprint density at radius 1 is 1.30 bits per heavy atom. The summed E-state index contributed by atoms with van der Waals surface area (Å²) >= 11 is 0.